The van der Waals surface area contributed by atoms with E-state index in [0.29, 0.717) is 17.4 Å². The standard InChI is InChI=1S/C21H15ClF3N3O2/c1-13-10-14(12-29-19-6-8-28-9-7-26-20(28)27-19)2-5-18(13)30-15-3-4-17(22)16(11-15)21(23,24)25/h2-11H,12H2,1H3. The van der Waals surface area contributed by atoms with Crippen LogP contribution < -0.4 is 9.47 Å². The molecule has 4 aromatic rings. The Bertz CT molecular complexity index is 1210. The molecular weight excluding hydrogens is 419 g/mol. The largest absolute Gasteiger partial charge is 0.473 e. The van der Waals surface area contributed by atoms with Gasteiger partial charge in [0.05, 0.1) is 10.6 Å². The van der Waals surface area contributed by atoms with Gasteiger partial charge in [-0.25, -0.2) is 4.98 Å². The fraction of sp³-hybridized carbons (Fsp3) is 0.143. The summed E-state index contributed by atoms with van der Waals surface area (Å²) < 4.78 is 52.2. The monoisotopic (exact) mass is 433 g/mol. The molecule has 0 amide bonds. The van der Waals surface area contributed by atoms with Crippen molar-refractivity contribution >= 4 is 17.4 Å². The third-order valence-corrected chi connectivity index (χ3v) is 4.66. The van der Waals surface area contributed by atoms with Crippen LogP contribution in [0.2, 0.25) is 5.02 Å². The molecule has 0 aliphatic rings. The molecule has 2 aromatic heterocycles. The van der Waals surface area contributed by atoms with Crippen molar-refractivity contribution in [3.8, 4) is 17.4 Å². The number of imidazole rings is 1. The molecule has 0 radical (unpaired) electrons. The highest BCUT2D eigenvalue weighted by Gasteiger charge is 2.33. The average molecular weight is 434 g/mol. The van der Waals surface area contributed by atoms with Crippen molar-refractivity contribution in [2.45, 2.75) is 19.7 Å². The highest BCUT2D eigenvalue weighted by molar-refractivity contribution is 6.31. The van der Waals surface area contributed by atoms with Crippen LogP contribution in [-0.4, -0.2) is 14.4 Å². The van der Waals surface area contributed by atoms with Crippen LogP contribution in [0.15, 0.2) is 61.1 Å². The Morgan fingerprint density at radius 3 is 2.67 bits per heavy atom. The lowest BCUT2D eigenvalue weighted by Crippen LogP contribution is -2.06. The summed E-state index contributed by atoms with van der Waals surface area (Å²) in [4.78, 5) is 8.39. The molecule has 9 heteroatoms. The average Bonchev–Trinajstić information content (AvgIpc) is 3.16. The van der Waals surface area contributed by atoms with E-state index in [1.54, 1.807) is 48.1 Å². The molecular formula is C21H15ClF3N3O2. The second kappa shape index (κ2) is 7.87. The van der Waals surface area contributed by atoms with E-state index >= 15 is 0 Å². The van der Waals surface area contributed by atoms with Gasteiger partial charge in [0.15, 0.2) is 0 Å². The summed E-state index contributed by atoms with van der Waals surface area (Å²) in [5.74, 6) is 1.46. The maximum atomic E-state index is 13.0. The van der Waals surface area contributed by atoms with Crippen LogP contribution >= 0.6 is 11.6 Å². The maximum Gasteiger partial charge on any atom is 0.417 e. The number of alkyl halides is 3. The first kappa shape index (κ1) is 20.0. The zero-order chi connectivity index (χ0) is 21.3. The molecule has 0 atom stereocenters. The molecule has 2 heterocycles. The molecule has 0 unspecified atom stereocenters. The summed E-state index contributed by atoms with van der Waals surface area (Å²) in [5, 5.41) is -0.374. The zero-order valence-electron chi connectivity index (χ0n) is 15.7. The Morgan fingerprint density at radius 1 is 1.07 bits per heavy atom. The van der Waals surface area contributed by atoms with Crippen LogP contribution in [0, 0.1) is 6.92 Å². The van der Waals surface area contributed by atoms with Gasteiger partial charge in [-0.05, 0) is 48.4 Å². The molecule has 0 aliphatic carbocycles. The summed E-state index contributed by atoms with van der Waals surface area (Å²) in [6.45, 7) is 2.07. The summed E-state index contributed by atoms with van der Waals surface area (Å²) in [7, 11) is 0. The van der Waals surface area contributed by atoms with Gasteiger partial charge in [-0.2, -0.15) is 18.2 Å². The minimum Gasteiger partial charge on any atom is -0.473 e. The fourth-order valence-electron chi connectivity index (χ4n) is 2.85. The van der Waals surface area contributed by atoms with Crippen molar-refractivity contribution in [3.05, 3.63) is 82.8 Å². The third kappa shape index (κ3) is 4.33. The van der Waals surface area contributed by atoms with Crippen LogP contribution in [0.3, 0.4) is 0 Å². The minimum absolute atomic E-state index is 0.0519. The molecule has 0 bridgehead atoms. The number of aromatic nitrogens is 3. The second-order valence-corrected chi connectivity index (χ2v) is 6.94. The van der Waals surface area contributed by atoms with E-state index in [0.717, 1.165) is 17.2 Å². The number of aryl methyl sites for hydroxylation is 1. The first-order chi connectivity index (χ1) is 14.3. The predicted octanol–water partition coefficient (Wildman–Crippen LogP) is 6.08. The van der Waals surface area contributed by atoms with Crippen molar-refractivity contribution in [2.75, 3.05) is 0 Å². The van der Waals surface area contributed by atoms with Crippen molar-refractivity contribution in [3.63, 3.8) is 0 Å². The Morgan fingerprint density at radius 2 is 1.90 bits per heavy atom. The number of hydrogen-bond donors (Lipinski definition) is 0. The number of fused-ring (bicyclic) bond motifs is 1. The van der Waals surface area contributed by atoms with Gasteiger partial charge in [-0.15, -0.1) is 0 Å². The lowest BCUT2D eigenvalue weighted by molar-refractivity contribution is -0.137. The number of benzene rings is 2. The van der Waals surface area contributed by atoms with Gasteiger partial charge >= 0.3 is 6.18 Å². The van der Waals surface area contributed by atoms with E-state index in [1.165, 1.54) is 12.1 Å². The minimum atomic E-state index is -4.56. The topological polar surface area (TPSA) is 48.7 Å². The van der Waals surface area contributed by atoms with E-state index < -0.39 is 11.7 Å². The number of nitrogens with zero attached hydrogens (tertiary/aromatic N) is 3. The number of halogens is 4. The lowest BCUT2D eigenvalue weighted by Gasteiger charge is -2.14. The molecule has 2 aromatic carbocycles. The van der Waals surface area contributed by atoms with Gasteiger partial charge in [-0.1, -0.05) is 17.7 Å². The van der Waals surface area contributed by atoms with Crippen molar-refractivity contribution < 1.29 is 22.6 Å². The van der Waals surface area contributed by atoms with Gasteiger partial charge in [0.2, 0.25) is 11.7 Å². The Hall–Kier alpha value is -3.26. The first-order valence-electron chi connectivity index (χ1n) is 8.86. The molecule has 5 nitrogen and oxygen atoms in total. The van der Waals surface area contributed by atoms with Crippen molar-refractivity contribution in [1.82, 2.24) is 14.4 Å². The fourth-order valence-corrected chi connectivity index (χ4v) is 3.08. The Balaban J connectivity index is 1.46. The van der Waals surface area contributed by atoms with Gasteiger partial charge in [0.1, 0.15) is 18.1 Å². The molecule has 0 saturated carbocycles. The molecule has 30 heavy (non-hydrogen) atoms. The normalized spacial score (nSPS) is 11.6. The van der Waals surface area contributed by atoms with E-state index in [9.17, 15) is 13.2 Å². The van der Waals surface area contributed by atoms with Gasteiger partial charge < -0.3 is 9.47 Å². The number of hydrogen-bond acceptors (Lipinski definition) is 4. The lowest BCUT2D eigenvalue weighted by atomic mass is 10.1. The molecule has 0 spiro atoms. The maximum absolute atomic E-state index is 13.0. The molecule has 0 N–H and O–H groups in total. The quantitative estimate of drug-likeness (QED) is 0.382. The van der Waals surface area contributed by atoms with Crippen LogP contribution in [0.1, 0.15) is 16.7 Å². The van der Waals surface area contributed by atoms with Crippen LogP contribution in [-0.2, 0) is 12.8 Å². The highest BCUT2D eigenvalue weighted by atomic mass is 35.5. The van der Waals surface area contributed by atoms with E-state index in [2.05, 4.69) is 9.97 Å². The summed E-state index contributed by atoms with van der Waals surface area (Å²) in [6, 6.07) is 10.5. The third-order valence-electron chi connectivity index (χ3n) is 4.33. The van der Waals surface area contributed by atoms with E-state index in [4.69, 9.17) is 21.1 Å². The van der Waals surface area contributed by atoms with E-state index in [-0.39, 0.29) is 17.4 Å². The first-order valence-corrected chi connectivity index (χ1v) is 9.24. The zero-order valence-corrected chi connectivity index (χ0v) is 16.4. The van der Waals surface area contributed by atoms with Crippen molar-refractivity contribution in [1.29, 1.82) is 0 Å². The van der Waals surface area contributed by atoms with Crippen LogP contribution in [0.25, 0.3) is 5.78 Å². The SMILES string of the molecule is Cc1cc(COc2ccn3ccnc3n2)ccc1Oc1ccc(Cl)c(C(F)(F)F)c1. The molecule has 4 rings (SSSR count). The van der Waals surface area contributed by atoms with Gasteiger partial charge in [0.25, 0.3) is 0 Å². The van der Waals surface area contributed by atoms with E-state index in [1.807, 2.05) is 6.07 Å². The smallest absolute Gasteiger partial charge is 0.417 e. The van der Waals surface area contributed by atoms with Gasteiger partial charge in [0, 0.05) is 24.7 Å². The summed E-state index contributed by atoms with van der Waals surface area (Å²) >= 11 is 5.65. The summed E-state index contributed by atoms with van der Waals surface area (Å²) in [6.07, 6.45) is 0.674. The Labute approximate surface area is 174 Å². The number of ether oxygens (including phenoxy) is 2. The van der Waals surface area contributed by atoms with Gasteiger partial charge in [-0.3, -0.25) is 4.40 Å². The number of rotatable bonds is 5. The Kier molecular flexibility index (Phi) is 5.26. The highest BCUT2D eigenvalue weighted by Crippen LogP contribution is 2.38. The molecule has 154 valence electrons. The van der Waals surface area contributed by atoms with Crippen LogP contribution in [0.4, 0.5) is 13.2 Å². The molecule has 0 fully saturated rings. The second-order valence-electron chi connectivity index (χ2n) is 6.53. The van der Waals surface area contributed by atoms with Crippen LogP contribution in [0.5, 0.6) is 17.4 Å². The summed E-state index contributed by atoms with van der Waals surface area (Å²) in [5.41, 5.74) is 0.666. The predicted molar refractivity (Wildman–Crippen MR) is 105 cm³/mol. The van der Waals surface area contributed by atoms with Crippen molar-refractivity contribution in [2.24, 2.45) is 0 Å². The molecule has 0 aliphatic heterocycles. The molecule has 0 saturated heterocycles.